The van der Waals surface area contributed by atoms with Crippen molar-refractivity contribution < 1.29 is 14.4 Å². The average molecular weight is 243 g/mol. The summed E-state index contributed by atoms with van der Waals surface area (Å²) in [4.78, 5) is 25.3. The molecule has 8 N–H and O–H groups in total. The van der Waals surface area contributed by atoms with Gasteiger partial charge in [0.2, 0.25) is 17.8 Å². The minimum atomic E-state index is -4.17. The number of rotatable bonds is 0. The summed E-state index contributed by atoms with van der Waals surface area (Å²) in [6, 6.07) is 0. The average Bonchev–Trinajstić information content (AvgIpc) is 1.77. The predicted octanol–water partition coefficient (Wildman–Crippen LogP) is -1.06. The largest absolute Gasteiger partial charge is 0.419 e. The highest BCUT2D eigenvalue weighted by Crippen LogP contribution is 2.39. The lowest BCUT2D eigenvalue weighted by Crippen LogP contribution is -2.05. The van der Waals surface area contributed by atoms with Gasteiger partial charge in [-0.3, -0.25) is 0 Å². The van der Waals surface area contributed by atoms with Gasteiger partial charge in [-0.1, -0.05) is 0 Å². The minimum Gasteiger partial charge on any atom is -0.368 e. The summed E-state index contributed by atoms with van der Waals surface area (Å²) in [6.07, 6.45) is 0. The predicted molar refractivity (Wildman–Crippen MR) is 51.0 cm³/mol. The van der Waals surface area contributed by atoms with Crippen LogP contribution >= 0.6 is 18.2 Å². The fraction of sp³-hybridized carbons (Fsp3) is 0. The molecule has 0 unspecified atom stereocenters. The number of anilines is 3. The summed E-state index contributed by atoms with van der Waals surface area (Å²) in [6.45, 7) is -4.17. The minimum absolute atomic E-state index is 0.0417. The van der Waals surface area contributed by atoms with Crippen molar-refractivity contribution in [1.29, 1.82) is 0 Å². The van der Waals surface area contributed by atoms with Gasteiger partial charge < -0.3 is 27.0 Å². The van der Waals surface area contributed by atoms with Gasteiger partial charge in [-0.25, -0.2) is 4.57 Å². The van der Waals surface area contributed by atoms with Gasteiger partial charge in [0, 0.05) is 11.2 Å². The van der Waals surface area contributed by atoms with Crippen molar-refractivity contribution in [3.63, 3.8) is 0 Å². The van der Waals surface area contributed by atoms with Crippen LogP contribution in [0.3, 0.4) is 0 Å². The first-order valence-corrected chi connectivity index (χ1v) is 5.48. The molecule has 0 aliphatic heterocycles. The van der Waals surface area contributed by atoms with E-state index in [4.69, 9.17) is 31.6 Å². The second kappa shape index (κ2) is 4.91. The van der Waals surface area contributed by atoms with Gasteiger partial charge in [-0.05, 0) is 0 Å². The second-order valence-electron chi connectivity index (χ2n) is 1.88. The van der Waals surface area contributed by atoms with E-state index in [1.165, 1.54) is 0 Å². The summed E-state index contributed by atoms with van der Waals surface area (Å²) in [7, 11) is 0. The maximum Gasteiger partial charge on any atom is 0.419 e. The van der Waals surface area contributed by atoms with Crippen molar-refractivity contribution in [2.75, 3.05) is 17.2 Å². The summed E-state index contributed by atoms with van der Waals surface area (Å²) < 4.78 is 9.09. The summed E-state index contributed by atoms with van der Waals surface area (Å²) in [5, 5.41) is 0. The molecule has 0 saturated heterocycles. The van der Waals surface area contributed by atoms with E-state index < -0.39 is 6.95 Å². The van der Waals surface area contributed by atoms with Gasteiger partial charge in [0.25, 0.3) is 0 Å². The molecule has 0 bridgehead atoms. The lowest BCUT2D eigenvalue weighted by molar-refractivity contribution is 0.395. The van der Waals surface area contributed by atoms with Crippen LogP contribution in [0.15, 0.2) is 0 Å². The van der Waals surface area contributed by atoms with Crippen molar-refractivity contribution >= 4 is 36.0 Å². The molecule has 0 radical (unpaired) electrons. The van der Waals surface area contributed by atoms with Gasteiger partial charge in [-0.15, -0.1) is 0 Å². The molecule has 0 spiro atoms. The van der Waals surface area contributed by atoms with E-state index in [1.54, 1.807) is 0 Å². The molecule has 0 aliphatic carbocycles. The number of nitrogens with two attached hydrogens (primary N) is 3. The van der Waals surface area contributed by atoms with Crippen LogP contribution in [0.5, 0.6) is 0 Å². The topological polar surface area (TPSA) is 174 Å². The molecular weight excluding hydrogens is 234 g/mol. The van der Waals surface area contributed by atoms with Gasteiger partial charge in [0.1, 0.15) is 0 Å². The van der Waals surface area contributed by atoms with E-state index in [-0.39, 0.29) is 17.8 Å². The Kier molecular flexibility index (Phi) is 4.51. The maximum absolute atomic E-state index is 9.09. The SMILES string of the molecule is Nc1nc(N)nc(N)n1.O=P(O)(O)Cl. The molecule has 1 aromatic rings. The number of nitrogen functional groups attached to an aromatic ring is 3. The molecule has 11 heteroatoms. The lowest BCUT2D eigenvalue weighted by Gasteiger charge is -1.93. The van der Waals surface area contributed by atoms with Gasteiger partial charge >= 0.3 is 6.95 Å². The number of halogens is 1. The summed E-state index contributed by atoms with van der Waals surface area (Å²) in [5.74, 6) is 0.125. The lowest BCUT2D eigenvalue weighted by atomic mass is 10.9. The maximum atomic E-state index is 9.09. The number of hydrogen-bond acceptors (Lipinski definition) is 7. The fourth-order valence-corrected chi connectivity index (χ4v) is 0.427. The third-order valence-corrected chi connectivity index (χ3v) is 0.687. The van der Waals surface area contributed by atoms with E-state index in [9.17, 15) is 0 Å². The van der Waals surface area contributed by atoms with Crippen LogP contribution < -0.4 is 17.2 Å². The monoisotopic (exact) mass is 242 g/mol. The van der Waals surface area contributed by atoms with Crippen LogP contribution in [-0.4, -0.2) is 24.7 Å². The first kappa shape index (κ1) is 12.8. The Hall–Kier alpha value is -1.15. The molecule has 0 fully saturated rings. The zero-order valence-electron chi connectivity index (χ0n) is 6.70. The van der Waals surface area contributed by atoms with Crippen molar-refractivity contribution in [2.45, 2.75) is 0 Å². The van der Waals surface area contributed by atoms with Crippen molar-refractivity contribution in [3.05, 3.63) is 0 Å². The molecule has 14 heavy (non-hydrogen) atoms. The van der Waals surface area contributed by atoms with E-state index in [2.05, 4.69) is 26.2 Å². The zero-order chi connectivity index (χ0) is 11.4. The van der Waals surface area contributed by atoms with Crippen LogP contribution in [-0.2, 0) is 4.57 Å². The highest BCUT2D eigenvalue weighted by Gasteiger charge is 2.01. The highest BCUT2D eigenvalue weighted by molar-refractivity contribution is 7.79. The smallest absolute Gasteiger partial charge is 0.368 e. The Morgan fingerprint density at radius 3 is 1.29 bits per heavy atom. The van der Waals surface area contributed by atoms with Gasteiger partial charge in [-0.2, -0.15) is 15.0 Å². The van der Waals surface area contributed by atoms with E-state index in [0.29, 0.717) is 0 Å². The van der Waals surface area contributed by atoms with Crippen LogP contribution in [0.2, 0.25) is 0 Å². The van der Waals surface area contributed by atoms with Crippen molar-refractivity contribution in [3.8, 4) is 0 Å². The Balaban J connectivity index is 0.000000292. The van der Waals surface area contributed by atoms with Crippen LogP contribution in [0.25, 0.3) is 0 Å². The second-order valence-corrected chi connectivity index (χ2v) is 4.15. The molecule has 0 aromatic carbocycles. The van der Waals surface area contributed by atoms with E-state index in [1.807, 2.05) is 0 Å². The highest BCUT2D eigenvalue weighted by atomic mass is 35.7. The molecule has 9 nitrogen and oxygen atoms in total. The Bertz CT molecular complexity index is 295. The third kappa shape index (κ3) is 8.94. The summed E-state index contributed by atoms with van der Waals surface area (Å²) >= 11 is 4.20. The normalized spacial score (nSPS) is 10.2. The number of hydrogen-bond donors (Lipinski definition) is 5. The molecule has 1 rings (SSSR count). The fourth-order valence-electron chi connectivity index (χ4n) is 0.427. The van der Waals surface area contributed by atoms with Crippen LogP contribution in [0.1, 0.15) is 0 Å². The Morgan fingerprint density at radius 1 is 1.00 bits per heavy atom. The first-order valence-electron chi connectivity index (χ1n) is 2.96. The zero-order valence-corrected chi connectivity index (χ0v) is 8.35. The quantitative estimate of drug-likeness (QED) is 0.355. The van der Waals surface area contributed by atoms with E-state index >= 15 is 0 Å². The molecular formula is C3H8ClN6O3P. The van der Waals surface area contributed by atoms with Gasteiger partial charge in [0.05, 0.1) is 0 Å². The molecule has 0 saturated carbocycles. The van der Waals surface area contributed by atoms with Crippen molar-refractivity contribution in [2.24, 2.45) is 0 Å². The number of aromatic nitrogens is 3. The Morgan fingerprint density at radius 2 is 1.14 bits per heavy atom. The van der Waals surface area contributed by atoms with Crippen LogP contribution in [0.4, 0.5) is 17.8 Å². The first-order chi connectivity index (χ1) is 6.18. The standard InChI is InChI=1S/C3H6N6.ClH2O3P/c4-1-7-2(5)9-3(6)8-1;1-5(2,3)4/h(H6,4,5,6,7,8,9);(H2,2,3,4). The van der Waals surface area contributed by atoms with Crippen LogP contribution in [0, 0.1) is 0 Å². The number of nitrogens with zero attached hydrogens (tertiary/aromatic N) is 3. The molecule has 0 aliphatic rings. The summed E-state index contributed by atoms with van der Waals surface area (Å²) in [5.41, 5.74) is 15.4. The van der Waals surface area contributed by atoms with Gasteiger partial charge in [0.15, 0.2) is 0 Å². The molecule has 1 heterocycles. The molecule has 0 atom stereocenters. The Labute approximate surface area is 83.3 Å². The van der Waals surface area contributed by atoms with E-state index in [0.717, 1.165) is 0 Å². The molecule has 80 valence electrons. The van der Waals surface area contributed by atoms with Crippen molar-refractivity contribution in [1.82, 2.24) is 15.0 Å². The molecule has 1 aromatic heterocycles. The third-order valence-electron chi connectivity index (χ3n) is 0.687. The molecule has 0 amide bonds.